The first-order valence-corrected chi connectivity index (χ1v) is 6.94. The van der Waals surface area contributed by atoms with Crippen molar-refractivity contribution < 1.29 is 10.0 Å². The first-order valence-electron chi connectivity index (χ1n) is 6.94. The number of nitrogens with one attached hydrogen (secondary N) is 1. The highest BCUT2D eigenvalue weighted by atomic mass is 16.4. The van der Waals surface area contributed by atoms with E-state index in [0.29, 0.717) is 13.0 Å². The summed E-state index contributed by atoms with van der Waals surface area (Å²) in [5.74, 6) is 0.475. The number of hydrogen-bond acceptors (Lipinski definition) is 4. The summed E-state index contributed by atoms with van der Waals surface area (Å²) in [5, 5.41) is 14.9. The molecule has 0 unspecified atom stereocenters. The van der Waals surface area contributed by atoms with Gasteiger partial charge in [0.05, 0.1) is 0 Å². The number of nitrogens with zero attached hydrogens (tertiary/aromatic N) is 2. The van der Waals surface area contributed by atoms with Gasteiger partial charge < -0.3 is 21.2 Å². The van der Waals surface area contributed by atoms with Gasteiger partial charge in [-0.2, -0.15) is 0 Å². The largest absolute Gasteiger partial charge is 0.409 e. The second-order valence-electron chi connectivity index (χ2n) is 5.71. The van der Waals surface area contributed by atoms with Gasteiger partial charge in [0.15, 0.2) is 0 Å². The van der Waals surface area contributed by atoms with Crippen molar-refractivity contribution in [3.8, 4) is 0 Å². The molecule has 1 heterocycles. The molecule has 1 amide bonds. The Morgan fingerprint density at radius 2 is 2.00 bits per heavy atom. The van der Waals surface area contributed by atoms with E-state index in [-0.39, 0.29) is 17.2 Å². The normalized spacial score (nSPS) is 16.9. The molecule has 0 atom stereocenters. The van der Waals surface area contributed by atoms with Crippen molar-refractivity contribution in [2.75, 3.05) is 26.2 Å². The van der Waals surface area contributed by atoms with E-state index in [1.807, 2.05) is 18.7 Å². The highest BCUT2D eigenvalue weighted by Crippen LogP contribution is 2.19. The molecule has 1 saturated heterocycles. The quantitative estimate of drug-likeness (QED) is 0.209. The van der Waals surface area contributed by atoms with Gasteiger partial charge in [-0.05, 0) is 25.8 Å². The van der Waals surface area contributed by atoms with E-state index in [1.54, 1.807) is 0 Å². The van der Waals surface area contributed by atoms with Crippen LogP contribution in [0.15, 0.2) is 5.16 Å². The van der Waals surface area contributed by atoms with E-state index >= 15 is 0 Å². The number of rotatable bonds is 7. The van der Waals surface area contributed by atoms with E-state index in [9.17, 15) is 4.79 Å². The monoisotopic (exact) mass is 270 g/mol. The fraction of sp³-hybridized carbons (Fsp3) is 0.846. The van der Waals surface area contributed by atoms with Gasteiger partial charge in [-0.1, -0.05) is 19.0 Å². The zero-order valence-corrected chi connectivity index (χ0v) is 12.0. The fourth-order valence-corrected chi connectivity index (χ4v) is 2.11. The third-order valence-electron chi connectivity index (χ3n) is 3.70. The number of likely N-dealkylation sites (tertiary alicyclic amines) is 1. The Morgan fingerprint density at radius 3 is 2.58 bits per heavy atom. The molecule has 0 aliphatic carbocycles. The Balaban J connectivity index is 2.12. The van der Waals surface area contributed by atoms with Crippen LogP contribution in [0.3, 0.4) is 0 Å². The molecule has 6 nitrogen and oxygen atoms in total. The Morgan fingerprint density at radius 1 is 1.37 bits per heavy atom. The average Bonchev–Trinajstić information content (AvgIpc) is 2.90. The van der Waals surface area contributed by atoms with E-state index in [1.165, 1.54) is 0 Å². The lowest BCUT2D eigenvalue weighted by molar-refractivity contribution is -0.130. The lowest BCUT2D eigenvalue weighted by atomic mass is 9.88. The first-order chi connectivity index (χ1) is 8.97. The van der Waals surface area contributed by atoms with Crippen molar-refractivity contribution in [2.24, 2.45) is 16.3 Å². The van der Waals surface area contributed by atoms with Crippen LogP contribution in [0.2, 0.25) is 0 Å². The van der Waals surface area contributed by atoms with Gasteiger partial charge in [-0.25, -0.2) is 0 Å². The van der Waals surface area contributed by atoms with Gasteiger partial charge in [-0.3, -0.25) is 4.79 Å². The minimum absolute atomic E-state index is 0.237. The van der Waals surface area contributed by atoms with Crippen LogP contribution < -0.4 is 11.1 Å². The lowest BCUT2D eigenvalue weighted by Gasteiger charge is -2.23. The first kappa shape index (κ1) is 15.8. The van der Waals surface area contributed by atoms with E-state index in [4.69, 9.17) is 10.9 Å². The van der Waals surface area contributed by atoms with Crippen LogP contribution >= 0.6 is 0 Å². The van der Waals surface area contributed by atoms with Crippen LogP contribution in [0.4, 0.5) is 0 Å². The summed E-state index contributed by atoms with van der Waals surface area (Å²) in [4.78, 5) is 13.7. The number of hydrogen-bond donors (Lipinski definition) is 3. The van der Waals surface area contributed by atoms with Gasteiger partial charge in [-0.15, -0.1) is 0 Å². The third-order valence-corrected chi connectivity index (χ3v) is 3.70. The van der Waals surface area contributed by atoms with Gasteiger partial charge in [0.2, 0.25) is 5.91 Å². The molecule has 0 radical (unpaired) electrons. The van der Waals surface area contributed by atoms with Crippen LogP contribution in [-0.4, -0.2) is 48.0 Å². The number of amidine groups is 1. The molecular weight excluding hydrogens is 244 g/mol. The number of carbonyl (C=O) groups is 1. The van der Waals surface area contributed by atoms with E-state index in [2.05, 4.69) is 10.5 Å². The third kappa shape index (κ3) is 5.06. The Bertz CT molecular complexity index is 323. The summed E-state index contributed by atoms with van der Waals surface area (Å²) < 4.78 is 0. The molecule has 0 aromatic heterocycles. The molecule has 1 fully saturated rings. The van der Waals surface area contributed by atoms with Crippen molar-refractivity contribution in [1.29, 1.82) is 0 Å². The maximum atomic E-state index is 11.8. The molecule has 0 spiro atoms. The van der Waals surface area contributed by atoms with Crippen molar-refractivity contribution in [3.05, 3.63) is 0 Å². The molecule has 0 saturated carbocycles. The van der Waals surface area contributed by atoms with Crippen molar-refractivity contribution in [2.45, 2.75) is 39.5 Å². The van der Waals surface area contributed by atoms with Gasteiger partial charge >= 0.3 is 0 Å². The summed E-state index contributed by atoms with van der Waals surface area (Å²) in [6, 6.07) is 0. The van der Waals surface area contributed by atoms with Crippen LogP contribution in [0.1, 0.15) is 39.5 Å². The SMILES string of the molecule is CC(C)(CCNCCC(=O)N1CCCC1)C(N)=NO. The molecule has 0 aromatic rings. The molecule has 19 heavy (non-hydrogen) atoms. The van der Waals surface area contributed by atoms with E-state index < -0.39 is 0 Å². The number of carbonyl (C=O) groups excluding carboxylic acids is 1. The maximum Gasteiger partial charge on any atom is 0.223 e. The summed E-state index contributed by atoms with van der Waals surface area (Å²) in [7, 11) is 0. The molecule has 6 heteroatoms. The molecular formula is C13H26N4O2. The van der Waals surface area contributed by atoms with Crippen LogP contribution in [0, 0.1) is 5.41 Å². The lowest BCUT2D eigenvalue weighted by Crippen LogP contribution is -2.36. The molecule has 1 aliphatic rings. The molecule has 4 N–H and O–H groups in total. The van der Waals surface area contributed by atoms with Gasteiger partial charge in [0.25, 0.3) is 0 Å². The topological polar surface area (TPSA) is 91.0 Å². The van der Waals surface area contributed by atoms with E-state index in [0.717, 1.165) is 38.9 Å². The summed E-state index contributed by atoms with van der Waals surface area (Å²) in [5.41, 5.74) is 5.28. The molecule has 0 aromatic carbocycles. The Labute approximate surface area is 115 Å². The minimum atomic E-state index is -0.333. The maximum absolute atomic E-state index is 11.8. The molecule has 1 rings (SSSR count). The van der Waals surface area contributed by atoms with Crippen LogP contribution in [0.25, 0.3) is 0 Å². The zero-order chi connectivity index (χ0) is 14.3. The smallest absolute Gasteiger partial charge is 0.223 e. The molecule has 0 bridgehead atoms. The minimum Gasteiger partial charge on any atom is -0.409 e. The van der Waals surface area contributed by atoms with Crippen LogP contribution in [-0.2, 0) is 4.79 Å². The summed E-state index contributed by atoms with van der Waals surface area (Å²) >= 11 is 0. The highest BCUT2D eigenvalue weighted by molar-refractivity contribution is 5.85. The average molecular weight is 270 g/mol. The predicted octanol–water partition coefficient (Wildman–Crippen LogP) is 0.751. The van der Waals surface area contributed by atoms with Crippen LogP contribution in [0.5, 0.6) is 0 Å². The van der Waals surface area contributed by atoms with Crippen molar-refractivity contribution in [3.63, 3.8) is 0 Å². The summed E-state index contributed by atoms with van der Waals surface area (Å²) in [6.45, 7) is 7.11. The standard InChI is InChI=1S/C13H26N4O2/c1-13(2,12(14)16-19)6-8-15-7-5-11(18)17-9-3-4-10-17/h15,19H,3-10H2,1-2H3,(H2,14,16). The molecule has 1 aliphatic heterocycles. The highest BCUT2D eigenvalue weighted by Gasteiger charge is 2.23. The number of nitrogens with two attached hydrogens (primary N) is 1. The zero-order valence-electron chi connectivity index (χ0n) is 12.0. The van der Waals surface area contributed by atoms with Crippen molar-refractivity contribution >= 4 is 11.7 Å². The fourth-order valence-electron chi connectivity index (χ4n) is 2.11. The Hall–Kier alpha value is -1.30. The Kier molecular flexibility index (Phi) is 6.08. The summed E-state index contributed by atoms with van der Waals surface area (Å²) in [6.07, 6.45) is 3.57. The number of oxime groups is 1. The van der Waals surface area contributed by atoms with Gasteiger partial charge in [0, 0.05) is 31.5 Å². The number of amides is 1. The predicted molar refractivity (Wildman–Crippen MR) is 75.1 cm³/mol. The second-order valence-corrected chi connectivity index (χ2v) is 5.71. The molecule has 110 valence electrons. The van der Waals surface area contributed by atoms with Gasteiger partial charge in [0.1, 0.15) is 5.84 Å². The van der Waals surface area contributed by atoms with Crippen molar-refractivity contribution in [1.82, 2.24) is 10.2 Å². The second kappa shape index (κ2) is 7.33.